The summed E-state index contributed by atoms with van der Waals surface area (Å²) in [6.07, 6.45) is 3.51. The number of hydrogen-bond acceptors (Lipinski definition) is 3. The molecule has 4 aliphatic rings. The molecule has 324 valence electrons. The van der Waals surface area contributed by atoms with Crippen molar-refractivity contribution in [3.63, 3.8) is 0 Å². The maximum absolute atomic E-state index is 5.45. The molecule has 8 aromatic carbocycles. The number of aromatic nitrogens is 3. The van der Waals surface area contributed by atoms with E-state index in [1.165, 1.54) is 83.3 Å². The minimum Gasteiger partial charge on any atom is -0.313 e. The van der Waals surface area contributed by atoms with Gasteiger partial charge in [0.15, 0.2) is 5.82 Å². The van der Waals surface area contributed by atoms with Gasteiger partial charge in [0.1, 0.15) is 0 Å². The number of hydrogen-bond donors (Lipinski definition) is 0. The second-order valence-electron chi connectivity index (χ2n) is 20.2. The van der Waals surface area contributed by atoms with Crippen molar-refractivity contribution in [3.8, 4) is 50.7 Å². The Hall–Kier alpha value is -8.08. The normalized spacial score (nSPS) is 16.9. The second-order valence-corrected chi connectivity index (χ2v) is 20.2. The van der Waals surface area contributed by atoms with Gasteiger partial charge in [0, 0.05) is 67.0 Å². The average Bonchev–Trinajstić information content (AvgIpc) is 4.04. The van der Waals surface area contributed by atoms with Gasteiger partial charge in [-0.2, -0.15) is 0 Å². The van der Waals surface area contributed by atoms with Crippen molar-refractivity contribution in [2.45, 2.75) is 50.9 Å². The Labute approximate surface area is 397 Å². The fourth-order valence-electron chi connectivity index (χ4n) is 12.4. The highest BCUT2D eigenvalue weighted by molar-refractivity contribution is 6.12. The quantitative estimate of drug-likeness (QED) is 0.173. The van der Waals surface area contributed by atoms with E-state index >= 15 is 0 Å². The fourth-order valence-corrected chi connectivity index (χ4v) is 12.4. The zero-order valence-electron chi connectivity index (χ0n) is 38.6. The number of anilines is 2. The number of para-hydroxylation sites is 2. The molecule has 2 aromatic heterocycles. The average molecular weight is 873 g/mol. The molecule has 68 heavy (non-hydrogen) atoms. The second kappa shape index (κ2) is 14.2. The summed E-state index contributed by atoms with van der Waals surface area (Å²) in [4.78, 5) is 13.2. The Morgan fingerprint density at radius 1 is 0.471 bits per heavy atom. The van der Waals surface area contributed by atoms with Crippen LogP contribution >= 0.6 is 0 Å². The van der Waals surface area contributed by atoms with E-state index in [9.17, 15) is 0 Å². The van der Waals surface area contributed by atoms with Crippen molar-refractivity contribution in [3.05, 3.63) is 239 Å². The molecule has 1 atom stereocenters. The Balaban J connectivity index is 1.05. The van der Waals surface area contributed by atoms with Crippen LogP contribution in [0.2, 0.25) is 0 Å². The SMILES string of the molecule is CC1(C)C2=C(CC3C(=C2)N(c2cc(-c4cc(-c5ccccc5)nc(-c5ccccc5)n4)cc(-n4c5ccccc5c5cc6c(cc54)C(C)(C)c4ccccc4-6)c2)c2ccccc23)c2ccccc21. The van der Waals surface area contributed by atoms with Crippen LogP contribution in [0.25, 0.3) is 78.1 Å². The van der Waals surface area contributed by atoms with Crippen LogP contribution in [0, 0.1) is 0 Å². The minimum atomic E-state index is -0.153. The molecule has 0 fully saturated rings. The number of benzene rings is 8. The number of fused-ring (bicyclic) bond motifs is 11. The van der Waals surface area contributed by atoms with E-state index in [-0.39, 0.29) is 16.7 Å². The van der Waals surface area contributed by atoms with Gasteiger partial charge < -0.3 is 9.47 Å². The minimum absolute atomic E-state index is 0.114. The summed E-state index contributed by atoms with van der Waals surface area (Å²) in [5.74, 6) is 0.916. The largest absolute Gasteiger partial charge is 0.313 e. The lowest BCUT2D eigenvalue weighted by Crippen LogP contribution is -2.21. The monoisotopic (exact) mass is 872 g/mol. The Morgan fingerprint density at radius 3 is 1.90 bits per heavy atom. The van der Waals surface area contributed by atoms with Crippen LogP contribution in [0.3, 0.4) is 0 Å². The lowest BCUT2D eigenvalue weighted by atomic mass is 9.77. The van der Waals surface area contributed by atoms with Crippen LogP contribution < -0.4 is 4.90 Å². The van der Waals surface area contributed by atoms with E-state index < -0.39 is 0 Å². The molecule has 0 bridgehead atoms. The van der Waals surface area contributed by atoms with Gasteiger partial charge >= 0.3 is 0 Å². The standard InChI is InChI=1S/C64H48N4/c1-63(2)52-27-15-11-23-44(52)48-34-50-46-25-13-17-29-58(46)67(60(50)36-54(48)63)42-31-41(57-38-56(39-19-7-5-8-20-39)65-62(66-57)40-21-9-6-10-22-40)32-43(33-42)68-59-30-18-14-26-47(59)51-35-49-45-24-12-16-28-53(45)64(3,4)55(49)37-61(51)68/h5-34,36-38,51H,35H2,1-4H3. The third-order valence-corrected chi connectivity index (χ3v) is 15.7. The smallest absolute Gasteiger partial charge is 0.160 e. The van der Waals surface area contributed by atoms with E-state index in [0.717, 1.165) is 45.9 Å². The summed E-state index contributed by atoms with van der Waals surface area (Å²) in [5, 5.41) is 2.49. The molecule has 0 radical (unpaired) electrons. The predicted molar refractivity (Wildman–Crippen MR) is 281 cm³/mol. The zero-order chi connectivity index (χ0) is 45.5. The fraction of sp³-hybridized carbons (Fsp3) is 0.125. The van der Waals surface area contributed by atoms with Gasteiger partial charge in [-0.3, -0.25) is 0 Å². The first kappa shape index (κ1) is 39.1. The summed E-state index contributed by atoms with van der Waals surface area (Å²) in [6, 6.07) is 71.3. The number of allylic oxidation sites excluding steroid dienone is 4. The van der Waals surface area contributed by atoms with E-state index in [2.05, 4.69) is 231 Å². The van der Waals surface area contributed by atoms with Gasteiger partial charge in [-0.15, -0.1) is 0 Å². The van der Waals surface area contributed by atoms with Crippen LogP contribution in [0.1, 0.15) is 67.9 Å². The van der Waals surface area contributed by atoms with Crippen LogP contribution in [-0.4, -0.2) is 14.5 Å². The van der Waals surface area contributed by atoms with E-state index in [1.54, 1.807) is 0 Å². The third kappa shape index (κ3) is 5.55. The van der Waals surface area contributed by atoms with Crippen LogP contribution in [0.4, 0.5) is 11.4 Å². The van der Waals surface area contributed by atoms with Crippen molar-refractivity contribution in [1.29, 1.82) is 0 Å². The van der Waals surface area contributed by atoms with Gasteiger partial charge in [0.2, 0.25) is 0 Å². The molecule has 0 spiro atoms. The Morgan fingerprint density at radius 2 is 1.10 bits per heavy atom. The number of nitrogens with zero attached hydrogens (tertiary/aromatic N) is 4. The Kier molecular flexibility index (Phi) is 8.18. The summed E-state index contributed by atoms with van der Waals surface area (Å²) >= 11 is 0. The molecule has 4 nitrogen and oxygen atoms in total. The molecule has 1 unspecified atom stereocenters. The maximum atomic E-state index is 5.45. The number of rotatable bonds is 5. The van der Waals surface area contributed by atoms with Gasteiger partial charge in [0.25, 0.3) is 0 Å². The molecular formula is C64H48N4. The lowest BCUT2D eigenvalue weighted by Gasteiger charge is -2.31. The topological polar surface area (TPSA) is 34.0 Å². The molecule has 10 aromatic rings. The van der Waals surface area contributed by atoms with Crippen LogP contribution in [0.5, 0.6) is 0 Å². The maximum Gasteiger partial charge on any atom is 0.160 e. The van der Waals surface area contributed by atoms with Crippen molar-refractivity contribution in [1.82, 2.24) is 14.5 Å². The van der Waals surface area contributed by atoms with Gasteiger partial charge in [-0.25, -0.2) is 9.97 Å². The van der Waals surface area contributed by atoms with Gasteiger partial charge in [0.05, 0.1) is 22.4 Å². The first-order chi connectivity index (χ1) is 33.2. The first-order valence-electron chi connectivity index (χ1n) is 24.0. The molecule has 14 rings (SSSR count). The van der Waals surface area contributed by atoms with E-state index in [0.29, 0.717) is 5.82 Å². The highest BCUT2D eigenvalue weighted by Crippen LogP contribution is 2.60. The van der Waals surface area contributed by atoms with Crippen molar-refractivity contribution in [2.75, 3.05) is 4.90 Å². The molecule has 1 aliphatic heterocycles. The van der Waals surface area contributed by atoms with Crippen molar-refractivity contribution < 1.29 is 0 Å². The third-order valence-electron chi connectivity index (χ3n) is 15.7. The van der Waals surface area contributed by atoms with Crippen molar-refractivity contribution >= 4 is 38.8 Å². The summed E-state index contributed by atoms with van der Waals surface area (Å²) < 4.78 is 2.51. The summed E-state index contributed by atoms with van der Waals surface area (Å²) in [5.41, 5.74) is 24.2. The Bertz CT molecular complexity index is 3770. The first-order valence-corrected chi connectivity index (χ1v) is 24.0. The van der Waals surface area contributed by atoms with Gasteiger partial charge in [-0.1, -0.05) is 173 Å². The van der Waals surface area contributed by atoms with E-state index in [1.807, 2.05) is 6.07 Å². The van der Waals surface area contributed by atoms with Crippen LogP contribution in [-0.2, 0) is 10.8 Å². The highest BCUT2D eigenvalue weighted by Gasteiger charge is 2.45. The van der Waals surface area contributed by atoms with E-state index in [4.69, 9.17) is 9.97 Å². The molecular weight excluding hydrogens is 825 g/mol. The predicted octanol–water partition coefficient (Wildman–Crippen LogP) is 16.1. The van der Waals surface area contributed by atoms with Crippen molar-refractivity contribution in [2.24, 2.45) is 0 Å². The molecule has 4 heteroatoms. The summed E-state index contributed by atoms with van der Waals surface area (Å²) in [6.45, 7) is 9.56. The summed E-state index contributed by atoms with van der Waals surface area (Å²) in [7, 11) is 0. The molecule has 3 aliphatic carbocycles. The lowest BCUT2D eigenvalue weighted by molar-refractivity contribution is 0.646. The zero-order valence-corrected chi connectivity index (χ0v) is 38.6. The molecule has 0 N–H and O–H groups in total. The molecule has 0 saturated heterocycles. The van der Waals surface area contributed by atoms with Gasteiger partial charge in [-0.05, 0) is 111 Å². The highest BCUT2D eigenvalue weighted by atomic mass is 15.2. The molecule has 0 saturated carbocycles. The molecule has 3 heterocycles. The molecule has 0 amide bonds. The van der Waals surface area contributed by atoms with Crippen LogP contribution in [0.15, 0.2) is 211 Å².